The predicted molar refractivity (Wildman–Crippen MR) is 123 cm³/mol. The van der Waals surface area contributed by atoms with E-state index in [1.807, 2.05) is 13.0 Å². The van der Waals surface area contributed by atoms with Crippen molar-refractivity contribution >= 4 is 28.5 Å². The Morgan fingerprint density at radius 2 is 1.53 bits per heavy atom. The van der Waals surface area contributed by atoms with Gasteiger partial charge in [-0.2, -0.15) is 0 Å². The number of nitrogens with two attached hydrogens (primary N) is 1. The minimum atomic E-state index is -0.980. The molecule has 0 spiro atoms. The van der Waals surface area contributed by atoms with Gasteiger partial charge in [0.05, 0.1) is 31.0 Å². The highest BCUT2D eigenvalue weighted by molar-refractivity contribution is 6.04. The lowest BCUT2D eigenvalue weighted by atomic mass is 10.0. The number of carboxylic acids is 2. The molecule has 2 aromatic carbocycles. The van der Waals surface area contributed by atoms with Gasteiger partial charge < -0.3 is 25.4 Å². The van der Waals surface area contributed by atoms with Gasteiger partial charge in [0.2, 0.25) is 0 Å². The summed E-state index contributed by atoms with van der Waals surface area (Å²) in [4.78, 5) is 26.5. The zero-order valence-electron chi connectivity index (χ0n) is 18.9. The summed E-state index contributed by atoms with van der Waals surface area (Å²) in [5, 5.41) is 18.6. The van der Waals surface area contributed by atoms with Crippen molar-refractivity contribution in [1.82, 2.24) is 4.98 Å². The lowest BCUT2D eigenvalue weighted by molar-refractivity contribution is 0.0686. The highest BCUT2D eigenvalue weighted by Gasteiger charge is 2.15. The molecule has 0 aliphatic carbocycles. The Bertz CT molecular complexity index is 1160. The van der Waals surface area contributed by atoms with Crippen molar-refractivity contribution in [2.45, 2.75) is 33.6 Å². The zero-order valence-corrected chi connectivity index (χ0v) is 18.9. The van der Waals surface area contributed by atoms with Crippen LogP contribution in [0, 0.1) is 13.8 Å². The van der Waals surface area contributed by atoms with Crippen molar-refractivity contribution in [3.05, 3.63) is 58.3 Å². The molecule has 3 aromatic rings. The summed E-state index contributed by atoms with van der Waals surface area (Å²) < 4.78 is 10.2. The summed E-state index contributed by atoms with van der Waals surface area (Å²) in [6, 6.07) is 8.13. The summed E-state index contributed by atoms with van der Waals surface area (Å²) >= 11 is 0. The molecular formula is C24H28N2O6. The van der Waals surface area contributed by atoms with E-state index in [0.717, 1.165) is 24.1 Å². The van der Waals surface area contributed by atoms with E-state index in [9.17, 15) is 14.7 Å². The van der Waals surface area contributed by atoms with Crippen LogP contribution in [0.4, 0.5) is 5.69 Å². The summed E-state index contributed by atoms with van der Waals surface area (Å²) in [5.74, 6) is -0.816. The molecule has 0 saturated carbocycles. The smallest absolute Gasteiger partial charge is 0.336 e. The Hall–Kier alpha value is -3.81. The molecular weight excluding hydrogens is 412 g/mol. The molecule has 0 aliphatic rings. The number of benzene rings is 2. The lowest BCUT2D eigenvalue weighted by Gasteiger charge is -2.11. The van der Waals surface area contributed by atoms with Gasteiger partial charge in [0.15, 0.2) is 0 Å². The number of aromatic carboxylic acids is 2. The van der Waals surface area contributed by atoms with E-state index in [0.29, 0.717) is 33.7 Å². The fourth-order valence-corrected chi connectivity index (χ4v) is 3.33. The maximum atomic E-state index is 11.3. The SMILES string of the molecule is CCCc1nc2c(OC)ccc(C(=O)O)c2cc1C.COc1ccc(C(=O)O)c(C)c1N. The van der Waals surface area contributed by atoms with Crippen molar-refractivity contribution in [3.8, 4) is 11.5 Å². The van der Waals surface area contributed by atoms with E-state index in [2.05, 4.69) is 11.9 Å². The molecule has 0 unspecified atom stereocenters. The number of fused-ring (bicyclic) bond motifs is 1. The van der Waals surface area contributed by atoms with Gasteiger partial charge in [-0.05, 0) is 61.7 Å². The first-order chi connectivity index (χ1) is 15.2. The maximum absolute atomic E-state index is 11.3. The third-order valence-corrected chi connectivity index (χ3v) is 5.11. The number of hydrogen-bond donors (Lipinski definition) is 3. The molecule has 8 heteroatoms. The van der Waals surface area contributed by atoms with Crippen LogP contribution in [-0.2, 0) is 6.42 Å². The third kappa shape index (κ3) is 5.08. The van der Waals surface area contributed by atoms with E-state index in [1.165, 1.54) is 13.2 Å². The quantitative estimate of drug-likeness (QED) is 0.478. The van der Waals surface area contributed by atoms with E-state index in [4.69, 9.17) is 20.3 Å². The number of nitrogen functional groups attached to an aromatic ring is 1. The van der Waals surface area contributed by atoms with E-state index < -0.39 is 11.9 Å². The van der Waals surface area contributed by atoms with Gasteiger partial charge in [0.25, 0.3) is 0 Å². The molecule has 4 N–H and O–H groups in total. The number of nitrogens with zero attached hydrogens (tertiary/aromatic N) is 1. The molecule has 0 saturated heterocycles. The standard InChI is InChI=1S/C15H17NO3.C9H11NO3/c1-4-5-12-9(2)8-11-10(15(17)18)6-7-13(19-3)14(11)16-12;1-5-6(9(11)12)3-4-7(13-2)8(5)10/h6-8H,4-5H2,1-3H3,(H,17,18);3-4H,10H2,1-2H3,(H,11,12). The number of anilines is 1. The maximum Gasteiger partial charge on any atom is 0.336 e. The fraction of sp³-hybridized carbons (Fsp3) is 0.292. The summed E-state index contributed by atoms with van der Waals surface area (Å²) in [7, 11) is 3.06. The van der Waals surface area contributed by atoms with Gasteiger partial charge in [-0.3, -0.25) is 0 Å². The second-order valence-corrected chi connectivity index (χ2v) is 7.18. The van der Waals surface area contributed by atoms with Crippen LogP contribution >= 0.6 is 0 Å². The van der Waals surface area contributed by atoms with Crippen LogP contribution in [0.2, 0.25) is 0 Å². The molecule has 0 fully saturated rings. The van der Waals surface area contributed by atoms with Crippen molar-refractivity contribution < 1.29 is 29.3 Å². The van der Waals surface area contributed by atoms with Crippen LogP contribution < -0.4 is 15.2 Å². The van der Waals surface area contributed by atoms with Crippen molar-refractivity contribution in [3.63, 3.8) is 0 Å². The molecule has 0 amide bonds. The highest BCUT2D eigenvalue weighted by atomic mass is 16.5. The number of rotatable bonds is 6. The number of carbonyl (C=O) groups is 2. The molecule has 8 nitrogen and oxygen atoms in total. The molecule has 0 atom stereocenters. The number of aryl methyl sites for hydroxylation is 2. The van der Waals surface area contributed by atoms with Gasteiger partial charge in [-0.25, -0.2) is 14.6 Å². The highest BCUT2D eigenvalue weighted by Crippen LogP contribution is 2.29. The van der Waals surface area contributed by atoms with Crippen molar-refractivity contribution in [2.75, 3.05) is 20.0 Å². The van der Waals surface area contributed by atoms with Gasteiger partial charge in [0, 0.05) is 11.1 Å². The van der Waals surface area contributed by atoms with Gasteiger partial charge in [-0.1, -0.05) is 13.3 Å². The molecule has 170 valence electrons. The molecule has 3 rings (SSSR count). The van der Waals surface area contributed by atoms with Crippen molar-refractivity contribution in [2.24, 2.45) is 0 Å². The van der Waals surface area contributed by atoms with Crippen LogP contribution in [0.1, 0.15) is 50.9 Å². The van der Waals surface area contributed by atoms with Gasteiger partial charge in [-0.15, -0.1) is 0 Å². The lowest BCUT2D eigenvalue weighted by Crippen LogP contribution is -2.04. The number of methoxy groups -OCH3 is 2. The molecule has 32 heavy (non-hydrogen) atoms. The Morgan fingerprint density at radius 3 is 2.06 bits per heavy atom. The monoisotopic (exact) mass is 440 g/mol. The van der Waals surface area contributed by atoms with Crippen LogP contribution in [0.3, 0.4) is 0 Å². The summed E-state index contributed by atoms with van der Waals surface area (Å²) in [5.41, 5.74) is 9.66. The van der Waals surface area contributed by atoms with E-state index in [1.54, 1.807) is 32.2 Å². The second kappa shape index (κ2) is 10.5. The number of carboxylic acid groups (broad SMARTS) is 2. The first kappa shape index (κ1) is 24.5. The third-order valence-electron chi connectivity index (χ3n) is 5.11. The minimum Gasteiger partial charge on any atom is -0.495 e. The summed E-state index contributed by atoms with van der Waals surface area (Å²) in [6.45, 7) is 5.71. The number of hydrogen-bond acceptors (Lipinski definition) is 6. The Labute approximate surface area is 186 Å². The average molecular weight is 440 g/mol. The summed E-state index contributed by atoms with van der Waals surface area (Å²) in [6.07, 6.45) is 1.88. The van der Waals surface area contributed by atoms with E-state index >= 15 is 0 Å². The fourth-order valence-electron chi connectivity index (χ4n) is 3.33. The number of ether oxygens (including phenoxy) is 2. The van der Waals surface area contributed by atoms with Crippen molar-refractivity contribution in [1.29, 1.82) is 0 Å². The minimum absolute atomic E-state index is 0.207. The second-order valence-electron chi connectivity index (χ2n) is 7.18. The Morgan fingerprint density at radius 1 is 0.969 bits per heavy atom. The van der Waals surface area contributed by atoms with Gasteiger partial charge >= 0.3 is 11.9 Å². The first-order valence-electron chi connectivity index (χ1n) is 10.0. The first-order valence-corrected chi connectivity index (χ1v) is 10.0. The van der Waals surface area contributed by atoms with Crippen LogP contribution in [0.5, 0.6) is 11.5 Å². The molecule has 1 heterocycles. The Kier molecular flexibility index (Phi) is 8.01. The van der Waals surface area contributed by atoms with Crippen LogP contribution in [-0.4, -0.2) is 41.4 Å². The van der Waals surface area contributed by atoms with E-state index in [-0.39, 0.29) is 11.1 Å². The predicted octanol–water partition coefficient (Wildman–Crippen LogP) is 4.49. The van der Waals surface area contributed by atoms with Crippen LogP contribution in [0.25, 0.3) is 10.9 Å². The number of aromatic nitrogens is 1. The molecule has 0 radical (unpaired) electrons. The van der Waals surface area contributed by atoms with Gasteiger partial charge in [0.1, 0.15) is 17.0 Å². The zero-order chi connectivity index (χ0) is 24.0. The Balaban J connectivity index is 0.000000244. The molecule has 0 bridgehead atoms. The topological polar surface area (TPSA) is 132 Å². The average Bonchev–Trinajstić information content (AvgIpc) is 2.75. The van der Waals surface area contributed by atoms with Crippen LogP contribution in [0.15, 0.2) is 30.3 Å². The molecule has 0 aliphatic heterocycles. The number of pyridine rings is 1. The normalized spacial score (nSPS) is 10.3. The largest absolute Gasteiger partial charge is 0.495 e. The molecule has 1 aromatic heterocycles.